The Balaban J connectivity index is 2.16. The number of fused-ring (bicyclic) bond motifs is 1. The average Bonchev–Trinajstić information content (AvgIpc) is 2.91. The first-order valence-corrected chi connectivity index (χ1v) is 7.04. The Labute approximate surface area is 113 Å². The zero-order valence-corrected chi connectivity index (χ0v) is 11.2. The van der Waals surface area contributed by atoms with Gasteiger partial charge in [-0.2, -0.15) is 0 Å². The molecule has 0 fully saturated rings. The van der Waals surface area contributed by atoms with E-state index >= 15 is 0 Å². The molecule has 7 nitrogen and oxygen atoms in total. The molecule has 3 aromatic rings. The Hall–Kier alpha value is -2.31. The first-order chi connectivity index (χ1) is 9.25. The van der Waals surface area contributed by atoms with Gasteiger partial charge in [-0.1, -0.05) is 0 Å². The number of rotatable bonds is 3. The molecule has 1 aromatic heterocycles. The quantitative estimate of drug-likeness (QED) is 0.413. The van der Waals surface area contributed by atoms with E-state index in [4.69, 9.17) is 0 Å². The van der Waals surface area contributed by atoms with Crippen LogP contribution in [0.1, 0.15) is 0 Å². The zero-order valence-electron chi connectivity index (χ0n) is 9.48. The van der Waals surface area contributed by atoms with Gasteiger partial charge in [0, 0.05) is 0 Å². The van der Waals surface area contributed by atoms with Crippen molar-refractivity contribution >= 4 is 40.6 Å². The number of nitrogens with zero attached hydrogens (tertiary/aromatic N) is 4. The number of hydrogen-bond acceptors (Lipinski definition) is 5. The fourth-order valence-electron chi connectivity index (χ4n) is 1.80. The maximum absolute atomic E-state index is 11.0. The summed E-state index contributed by atoms with van der Waals surface area (Å²) in [5.74, 6) is 0. The molecular weight excluding hydrogens is 313 g/mol. The summed E-state index contributed by atoms with van der Waals surface area (Å²) in [6.45, 7) is 0. The monoisotopic (exact) mass is 321 g/mol. The van der Waals surface area contributed by atoms with E-state index in [0.29, 0.717) is 10.1 Å². The van der Waals surface area contributed by atoms with Gasteiger partial charge in [0.25, 0.3) is 0 Å². The number of hydrogen-bond donors (Lipinski definition) is 1. The number of tetrazole rings is 1. The number of H-pyrrole nitrogens is 1. The number of nitro groups is 1. The maximum atomic E-state index is 11.0. The van der Waals surface area contributed by atoms with Crippen LogP contribution < -0.4 is 9.18 Å². The van der Waals surface area contributed by atoms with E-state index in [9.17, 15) is 10.1 Å². The second-order valence-corrected chi connectivity index (χ2v) is 5.80. The normalized spacial score (nSPS) is 10.7. The van der Waals surface area contributed by atoms with Gasteiger partial charge in [-0.3, -0.25) is 0 Å². The van der Waals surface area contributed by atoms with E-state index in [1.54, 1.807) is 18.2 Å². The van der Waals surface area contributed by atoms with Crippen molar-refractivity contribution in [3.63, 3.8) is 0 Å². The van der Waals surface area contributed by atoms with Gasteiger partial charge in [0.2, 0.25) is 0 Å². The summed E-state index contributed by atoms with van der Waals surface area (Å²) in [6, 6.07) is 10.6. The third kappa shape index (κ3) is 2.18. The summed E-state index contributed by atoms with van der Waals surface area (Å²) in [4.78, 5) is 10.6. The minimum absolute atomic E-state index is 0.114. The molecule has 0 saturated heterocycles. The Morgan fingerprint density at radius 3 is 2.63 bits per heavy atom. The molecule has 19 heavy (non-hydrogen) atoms. The van der Waals surface area contributed by atoms with Crippen LogP contribution in [0.5, 0.6) is 0 Å². The predicted molar refractivity (Wildman–Crippen MR) is 69.8 cm³/mol. The van der Waals surface area contributed by atoms with Gasteiger partial charge in [0.15, 0.2) is 0 Å². The SMILES string of the molecule is O=[N+]([O-])c1ccc([Se]c2nn[nH]n2)c2ccccc12. The van der Waals surface area contributed by atoms with Crippen LogP contribution >= 0.6 is 0 Å². The molecule has 94 valence electrons. The zero-order chi connectivity index (χ0) is 13.2. The number of aromatic amines is 1. The molecule has 3 rings (SSSR count). The van der Waals surface area contributed by atoms with Gasteiger partial charge in [-0.15, -0.1) is 0 Å². The van der Waals surface area contributed by atoms with Gasteiger partial charge in [-0.25, -0.2) is 0 Å². The fraction of sp³-hybridized carbons (Fsp3) is 0. The molecule has 0 atom stereocenters. The topological polar surface area (TPSA) is 97.6 Å². The molecule has 0 aliphatic carbocycles. The second kappa shape index (κ2) is 4.75. The van der Waals surface area contributed by atoms with Gasteiger partial charge >= 0.3 is 113 Å². The molecular formula is C11H7N5O2Se. The Morgan fingerprint density at radius 1 is 1.16 bits per heavy atom. The standard InChI is InChI=1S/C11H7N5O2Se/c17-16(18)9-5-6-10(19-11-12-14-15-13-11)8-4-2-1-3-7(8)9/h1-6H,(H,12,13,14,15). The van der Waals surface area contributed by atoms with Crippen molar-refractivity contribution in [2.45, 2.75) is 0 Å². The molecule has 0 aliphatic rings. The molecule has 0 unspecified atom stereocenters. The number of nitrogens with one attached hydrogen (secondary N) is 1. The van der Waals surface area contributed by atoms with Crippen LogP contribution in [0.3, 0.4) is 0 Å². The molecule has 0 amide bonds. The number of benzene rings is 2. The summed E-state index contributed by atoms with van der Waals surface area (Å²) in [6.07, 6.45) is 0. The third-order valence-corrected chi connectivity index (χ3v) is 4.54. The van der Waals surface area contributed by atoms with Gasteiger partial charge in [0.05, 0.1) is 0 Å². The molecule has 0 radical (unpaired) electrons. The molecule has 0 bridgehead atoms. The van der Waals surface area contributed by atoms with Crippen molar-refractivity contribution in [2.24, 2.45) is 0 Å². The molecule has 1 N–H and O–H groups in total. The Bertz CT molecular complexity index is 744. The van der Waals surface area contributed by atoms with Crippen molar-refractivity contribution in [1.82, 2.24) is 20.6 Å². The van der Waals surface area contributed by atoms with Crippen LogP contribution in [-0.2, 0) is 0 Å². The van der Waals surface area contributed by atoms with Crippen molar-refractivity contribution in [1.29, 1.82) is 0 Å². The van der Waals surface area contributed by atoms with Crippen molar-refractivity contribution in [3.05, 3.63) is 46.5 Å². The van der Waals surface area contributed by atoms with E-state index in [-0.39, 0.29) is 25.6 Å². The van der Waals surface area contributed by atoms with Crippen molar-refractivity contribution in [2.75, 3.05) is 0 Å². The molecule has 0 spiro atoms. The molecule has 1 heterocycles. The summed E-state index contributed by atoms with van der Waals surface area (Å²) in [7, 11) is 0. The Morgan fingerprint density at radius 2 is 1.95 bits per heavy atom. The van der Waals surface area contributed by atoms with Crippen molar-refractivity contribution in [3.8, 4) is 0 Å². The number of nitro benzene ring substituents is 1. The van der Waals surface area contributed by atoms with E-state index in [0.717, 1.165) is 9.85 Å². The minimum atomic E-state index is -0.368. The molecule has 2 aromatic carbocycles. The number of aromatic nitrogens is 4. The van der Waals surface area contributed by atoms with Crippen LogP contribution in [0.25, 0.3) is 10.8 Å². The van der Waals surface area contributed by atoms with E-state index < -0.39 is 0 Å². The summed E-state index contributed by atoms with van der Waals surface area (Å²) < 4.78 is 1.61. The van der Waals surface area contributed by atoms with Crippen LogP contribution in [0.2, 0.25) is 0 Å². The van der Waals surface area contributed by atoms with Crippen LogP contribution in [0.4, 0.5) is 5.69 Å². The first kappa shape index (κ1) is 11.8. The molecule has 0 saturated carbocycles. The van der Waals surface area contributed by atoms with E-state index in [1.807, 2.05) is 12.1 Å². The van der Waals surface area contributed by atoms with Gasteiger partial charge in [-0.05, 0) is 0 Å². The summed E-state index contributed by atoms with van der Waals surface area (Å²) in [5, 5.41) is 26.3. The number of non-ortho nitro benzene ring substituents is 1. The summed E-state index contributed by atoms with van der Waals surface area (Å²) in [5.41, 5.74) is 0.114. The second-order valence-electron chi connectivity index (χ2n) is 3.68. The first-order valence-electron chi connectivity index (χ1n) is 5.33. The third-order valence-electron chi connectivity index (χ3n) is 2.58. The molecule has 0 aliphatic heterocycles. The average molecular weight is 320 g/mol. The van der Waals surface area contributed by atoms with Crippen LogP contribution in [0, 0.1) is 10.1 Å². The van der Waals surface area contributed by atoms with Gasteiger partial charge in [0.1, 0.15) is 0 Å². The van der Waals surface area contributed by atoms with Crippen molar-refractivity contribution < 1.29 is 4.92 Å². The van der Waals surface area contributed by atoms with Gasteiger partial charge < -0.3 is 0 Å². The van der Waals surface area contributed by atoms with E-state index in [2.05, 4.69) is 20.6 Å². The fourth-order valence-corrected chi connectivity index (χ4v) is 3.45. The van der Waals surface area contributed by atoms with Crippen LogP contribution in [0.15, 0.2) is 36.4 Å². The van der Waals surface area contributed by atoms with Crippen LogP contribution in [-0.4, -0.2) is 40.5 Å². The van der Waals surface area contributed by atoms with E-state index in [1.165, 1.54) is 6.07 Å². The molecule has 8 heteroatoms. The summed E-state index contributed by atoms with van der Waals surface area (Å²) >= 11 is -0.137. The Kier molecular flexibility index (Phi) is 2.94. The predicted octanol–water partition coefficient (Wildman–Crippen LogP) is -0.0839.